The van der Waals surface area contributed by atoms with Crippen molar-refractivity contribution in [3.05, 3.63) is 24.3 Å². The van der Waals surface area contributed by atoms with E-state index in [0.717, 1.165) is 121 Å². The average molecular weight is 1460 g/mol. The fourth-order valence-electron chi connectivity index (χ4n) is 12.0. The number of hydrogen-bond donors (Lipinski definition) is 3. The summed E-state index contributed by atoms with van der Waals surface area (Å²) in [5.74, 6) is -0.588. The van der Waals surface area contributed by atoms with Crippen LogP contribution >= 0.6 is 15.6 Å². The van der Waals surface area contributed by atoms with Crippen molar-refractivity contribution in [3.8, 4) is 0 Å². The molecule has 0 saturated carbocycles. The molecule has 0 aromatic rings. The van der Waals surface area contributed by atoms with Crippen LogP contribution in [0.15, 0.2) is 24.3 Å². The number of phosphoric ester groups is 2. The molecule has 0 aliphatic carbocycles. The van der Waals surface area contributed by atoms with Crippen LogP contribution < -0.4 is 0 Å². The van der Waals surface area contributed by atoms with E-state index in [9.17, 15) is 43.2 Å². The Hall–Kier alpha value is -2.46. The number of carbonyl (C=O) groups is 4. The third-order valence-electron chi connectivity index (χ3n) is 18.3. The summed E-state index contributed by atoms with van der Waals surface area (Å²) in [6.07, 6.45) is 64.5. The van der Waals surface area contributed by atoms with Crippen molar-refractivity contribution in [2.75, 3.05) is 39.6 Å². The molecule has 0 aliphatic rings. The van der Waals surface area contributed by atoms with E-state index in [-0.39, 0.29) is 25.7 Å². The number of ether oxygens (including phenoxy) is 4. The van der Waals surface area contributed by atoms with Crippen molar-refractivity contribution < 1.29 is 80.2 Å². The Bertz CT molecular complexity index is 2020. The predicted molar refractivity (Wildman–Crippen MR) is 409 cm³/mol. The molecule has 5 atom stereocenters. The predicted octanol–water partition coefficient (Wildman–Crippen LogP) is 23.8. The maximum absolute atomic E-state index is 13.1. The van der Waals surface area contributed by atoms with Gasteiger partial charge in [-0.25, -0.2) is 9.13 Å². The van der Waals surface area contributed by atoms with Gasteiger partial charge in [-0.2, -0.15) is 0 Å². The molecule has 0 heterocycles. The van der Waals surface area contributed by atoms with Crippen LogP contribution in [0.2, 0.25) is 0 Å². The van der Waals surface area contributed by atoms with Crippen LogP contribution in [-0.2, 0) is 65.4 Å². The molecule has 2 unspecified atom stereocenters. The smallest absolute Gasteiger partial charge is 0.462 e. The molecule has 0 fully saturated rings. The Morgan fingerprint density at radius 2 is 0.540 bits per heavy atom. The molecule has 0 aromatic heterocycles. The number of unbranched alkanes of at least 4 members (excludes halogenated alkanes) is 45. The molecule has 0 amide bonds. The van der Waals surface area contributed by atoms with Gasteiger partial charge in [0.2, 0.25) is 0 Å². The van der Waals surface area contributed by atoms with E-state index < -0.39 is 97.5 Å². The molecule has 590 valence electrons. The molecule has 0 bridgehead atoms. The van der Waals surface area contributed by atoms with Crippen LogP contribution in [0.5, 0.6) is 0 Å². The normalized spacial score (nSPS) is 14.1. The molecule has 0 saturated heterocycles. The van der Waals surface area contributed by atoms with E-state index >= 15 is 0 Å². The van der Waals surface area contributed by atoms with Gasteiger partial charge >= 0.3 is 39.5 Å². The molecule has 0 spiro atoms. The highest BCUT2D eigenvalue weighted by atomic mass is 31.2. The van der Waals surface area contributed by atoms with Gasteiger partial charge in [0, 0.05) is 25.7 Å². The van der Waals surface area contributed by atoms with Crippen LogP contribution in [0.3, 0.4) is 0 Å². The molecule has 0 aromatic carbocycles. The summed E-state index contributed by atoms with van der Waals surface area (Å²) in [6, 6.07) is 0. The Kier molecular flexibility index (Phi) is 70.3. The van der Waals surface area contributed by atoms with E-state index in [1.54, 1.807) is 0 Å². The molecule has 100 heavy (non-hydrogen) atoms. The molecular weight excluding hydrogens is 1310 g/mol. The summed E-state index contributed by atoms with van der Waals surface area (Å²) in [4.78, 5) is 73.0. The fourth-order valence-corrected chi connectivity index (χ4v) is 13.6. The lowest BCUT2D eigenvalue weighted by Gasteiger charge is -2.21. The SMILES string of the molecule is CCCCCC/C=C\C=C/CCCCCCCC(=O)OC[C@H](COP(=O)(O)OC[C@@H](O)COP(=O)(O)OC[C@@H](COC(=O)CCCCCCCCCCCC(C)C)OC(=O)CCCCCCCCCCCCCCCC)OC(=O)CCCCCCCCCCCCCCCCCCC(C)C. The van der Waals surface area contributed by atoms with Crippen molar-refractivity contribution in [1.82, 2.24) is 0 Å². The molecule has 3 N–H and O–H groups in total. The minimum absolute atomic E-state index is 0.101. The van der Waals surface area contributed by atoms with Crippen molar-refractivity contribution in [3.63, 3.8) is 0 Å². The number of allylic oxidation sites excluding steroid dienone is 4. The average Bonchev–Trinajstić information content (AvgIpc) is 1.36. The fraction of sp³-hybridized carbons (Fsp3) is 0.901. The van der Waals surface area contributed by atoms with E-state index in [1.807, 2.05) is 0 Å². The van der Waals surface area contributed by atoms with E-state index in [0.29, 0.717) is 25.7 Å². The van der Waals surface area contributed by atoms with Gasteiger partial charge in [0.1, 0.15) is 19.3 Å². The number of phosphoric acid groups is 2. The van der Waals surface area contributed by atoms with Crippen LogP contribution in [0.4, 0.5) is 0 Å². The highest BCUT2D eigenvalue weighted by molar-refractivity contribution is 7.47. The van der Waals surface area contributed by atoms with Gasteiger partial charge < -0.3 is 33.8 Å². The van der Waals surface area contributed by atoms with Gasteiger partial charge in [-0.15, -0.1) is 0 Å². The van der Waals surface area contributed by atoms with Crippen LogP contribution in [0.25, 0.3) is 0 Å². The van der Waals surface area contributed by atoms with Crippen LogP contribution in [0.1, 0.15) is 401 Å². The number of esters is 4. The molecular formula is C81H154O17P2. The summed E-state index contributed by atoms with van der Waals surface area (Å²) in [6.45, 7) is 9.58. The Labute approximate surface area is 612 Å². The second-order valence-electron chi connectivity index (χ2n) is 29.4. The molecule has 17 nitrogen and oxygen atoms in total. The Morgan fingerprint density at radius 1 is 0.310 bits per heavy atom. The minimum Gasteiger partial charge on any atom is -0.462 e. The van der Waals surface area contributed by atoms with Gasteiger partial charge in [0.05, 0.1) is 26.4 Å². The van der Waals surface area contributed by atoms with E-state index in [2.05, 4.69) is 65.8 Å². The van der Waals surface area contributed by atoms with Crippen LogP contribution in [-0.4, -0.2) is 96.7 Å². The topological polar surface area (TPSA) is 237 Å². The van der Waals surface area contributed by atoms with Crippen molar-refractivity contribution >= 4 is 39.5 Å². The lowest BCUT2D eigenvalue weighted by atomic mass is 10.0. The molecule has 0 radical (unpaired) electrons. The molecule has 19 heteroatoms. The quantitative estimate of drug-likeness (QED) is 0.0169. The zero-order chi connectivity index (χ0) is 73.5. The van der Waals surface area contributed by atoms with E-state index in [1.165, 1.54) is 199 Å². The van der Waals surface area contributed by atoms with Gasteiger partial charge in [0.25, 0.3) is 0 Å². The van der Waals surface area contributed by atoms with Crippen molar-refractivity contribution in [1.29, 1.82) is 0 Å². The Morgan fingerprint density at radius 3 is 0.820 bits per heavy atom. The third-order valence-corrected chi connectivity index (χ3v) is 20.2. The van der Waals surface area contributed by atoms with Gasteiger partial charge in [-0.3, -0.25) is 37.3 Å². The van der Waals surface area contributed by atoms with Gasteiger partial charge in [-0.1, -0.05) is 348 Å². The zero-order valence-corrected chi connectivity index (χ0v) is 66.8. The zero-order valence-electron chi connectivity index (χ0n) is 65.0. The summed E-state index contributed by atoms with van der Waals surface area (Å²) in [5, 5.41) is 10.6. The number of carbonyl (C=O) groups excluding carboxylic acids is 4. The number of aliphatic hydroxyl groups is 1. The lowest BCUT2D eigenvalue weighted by Crippen LogP contribution is -2.30. The number of aliphatic hydroxyl groups excluding tert-OH is 1. The third kappa shape index (κ3) is 73.8. The summed E-state index contributed by atoms with van der Waals surface area (Å²) in [5.41, 5.74) is 0. The van der Waals surface area contributed by atoms with E-state index in [4.69, 9.17) is 37.0 Å². The minimum atomic E-state index is -4.97. The number of rotatable bonds is 78. The second-order valence-corrected chi connectivity index (χ2v) is 32.3. The second kappa shape index (κ2) is 72.1. The lowest BCUT2D eigenvalue weighted by molar-refractivity contribution is -0.161. The first-order valence-electron chi connectivity index (χ1n) is 41.3. The maximum atomic E-state index is 13.1. The summed E-state index contributed by atoms with van der Waals surface area (Å²) in [7, 11) is -9.93. The summed E-state index contributed by atoms with van der Waals surface area (Å²) >= 11 is 0. The van der Waals surface area contributed by atoms with Crippen LogP contribution in [0, 0.1) is 11.8 Å². The standard InChI is InChI=1S/C81H154O17P2/c1-7-9-11-13-15-17-19-21-25-30-33-39-45-51-57-63-78(83)91-69-76(97-81(86)66-60-54-48-41-35-31-27-24-23-26-28-32-37-43-49-55-61-73(3)4)71-95-99(87,88)93-67-75(82)68-94-100(89,90)96-72-77(70-92-79(84)64-58-52-46-42-36-38-44-50-56-62-74(5)6)98-80(85)65-59-53-47-40-34-29-22-20-18-16-14-12-10-8-2/h17,19,21,25,73-77,82H,7-16,18,20,22-24,26-72H2,1-6H3,(H,87,88)(H,89,90)/b19-17-,25-21-/t75-,76-,77-/m1/s1. The maximum Gasteiger partial charge on any atom is 0.472 e. The summed E-state index contributed by atoms with van der Waals surface area (Å²) < 4.78 is 68.7. The highest BCUT2D eigenvalue weighted by Gasteiger charge is 2.30. The first-order chi connectivity index (χ1) is 48.4. The van der Waals surface area contributed by atoms with Gasteiger partial charge in [0.15, 0.2) is 12.2 Å². The molecule has 0 aliphatic heterocycles. The molecule has 0 rings (SSSR count). The van der Waals surface area contributed by atoms with Crippen molar-refractivity contribution in [2.45, 2.75) is 419 Å². The largest absolute Gasteiger partial charge is 0.472 e. The Balaban J connectivity index is 5.29. The monoisotopic (exact) mass is 1460 g/mol. The first-order valence-corrected chi connectivity index (χ1v) is 44.3. The van der Waals surface area contributed by atoms with Gasteiger partial charge in [-0.05, 0) is 63.2 Å². The highest BCUT2D eigenvalue weighted by Crippen LogP contribution is 2.45. The number of hydrogen-bond acceptors (Lipinski definition) is 15. The van der Waals surface area contributed by atoms with Crippen molar-refractivity contribution in [2.24, 2.45) is 11.8 Å². The first kappa shape index (κ1) is 97.5.